The van der Waals surface area contributed by atoms with Gasteiger partial charge >= 0.3 is 0 Å². The number of carbonyl (C=O) groups excluding carboxylic acids is 1. The van der Waals surface area contributed by atoms with Crippen LogP contribution in [0.4, 0.5) is 0 Å². The summed E-state index contributed by atoms with van der Waals surface area (Å²) in [4.78, 5) is 15.1. The van der Waals surface area contributed by atoms with Crippen molar-refractivity contribution in [3.8, 4) is 0 Å². The van der Waals surface area contributed by atoms with Crippen LogP contribution in [0.1, 0.15) is 29.6 Å². The minimum absolute atomic E-state index is 0.0412. The Morgan fingerprint density at radius 3 is 2.39 bits per heavy atom. The molecule has 1 rings (SSSR count). The molecule has 12 heteroatoms. The van der Waals surface area contributed by atoms with E-state index in [9.17, 15) is 13.2 Å². The molecule has 186 valence electrons. The molecule has 0 bridgehead atoms. The zero-order chi connectivity index (χ0) is 24.2. The van der Waals surface area contributed by atoms with Crippen LogP contribution in [-0.4, -0.2) is 86.5 Å². The second-order valence-corrected chi connectivity index (χ2v) is 9.06. The fourth-order valence-corrected chi connectivity index (χ4v) is 4.11. The summed E-state index contributed by atoms with van der Waals surface area (Å²) in [5.74, 6) is -0.315. The highest BCUT2D eigenvalue weighted by Gasteiger charge is 2.16. The van der Waals surface area contributed by atoms with Gasteiger partial charge in [-0.25, -0.2) is 8.42 Å². The molecule has 0 aliphatic rings. The van der Waals surface area contributed by atoms with Crippen LogP contribution >= 0.6 is 0 Å². The first-order valence-corrected chi connectivity index (χ1v) is 12.5. The summed E-state index contributed by atoms with van der Waals surface area (Å²) < 4.78 is 45.9. The lowest BCUT2D eigenvalue weighted by molar-refractivity contribution is 0.0166. The van der Waals surface area contributed by atoms with E-state index in [1.807, 2.05) is 0 Å². The lowest BCUT2D eigenvalue weighted by Gasteiger charge is -2.09. The lowest BCUT2D eigenvalue weighted by Crippen LogP contribution is -2.27. The van der Waals surface area contributed by atoms with E-state index < -0.39 is 9.84 Å². The molecule has 0 fully saturated rings. The number of amides is 1. The van der Waals surface area contributed by atoms with Gasteiger partial charge in [0.25, 0.3) is 5.91 Å². The van der Waals surface area contributed by atoms with Crippen LogP contribution in [-0.2, 0) is 28.8 Å². The molecule has 33 heavy (non-hydrogen) atoms. The predicted molar refractivity (Wildman–Crippen MR) is 123 cm³/mol. The molecular weight excluding hydrogens is 452 g/mol. The number of carbonyl (C=O) groups is 1. The Morgan fingerprint density at radius 2 is 1.70 bits per heavy atom. The monoisotopic (exact) mass is 486 g/mol. The van der Waals surface area contributed by atoms with Crippen LogP contribution in [0.15, 0.2) is 34.3 Å². The number of methoxy groups -OCH3 is 1. The Morgan fingerprint density at radius 1 is 1.00 bits per heavy atom. The van der Waals surface area contributed by atoms with Crippen molar-refractivity contribution in [2.75, 3.05) is 72.2 Å². The minimum atomic E-state index is -3.44. The average molecular weight is 487 g/mol. The van der Waals surface area contributed by atoms with Gasteiger partial charge in [-0.1, -0.05) is 17.6 Å². The first kappa shape index (κ1) is 28.8. The van der Waals surface area contributed by atoms with Gasteiger partial charge in [-0.2, -0.15) is 0 Å². The maximum absolute atomic E-state index is 12.5. The number of unbranched alkanes of at least 4 members (excludes halogenated alkanes) is 2. The molecule has 11 nitrogen and oxygen atoms in total. The molecule has 0 radical (unpaired) electrons. The number of ether oxygens (including phenoxy) is 4. The van der Waals surface area contributed by atoms with Crippen LogP contribution in [0.3, 0.4) is 0 Å². The van der Waals surface area contributed by atoms with Crippen LogP contribution in [0.5, 0.6) is 0 Å². The van der Waals surface area contributed by atoms with E-state index in [4.69, 9.17) is 24.5 Å². The van der Waals surface area contributed by atoms with Gasteiger partial charge in [-0.15, -0.1) is 0 Å². The minimum Gasteiger partial charge on any atom is -0.385 e. The molecular formula is C21H34N4O7S. The number of hydrogen-bond donors (Lipinski definition) is 1. The Kier molecular flexibility index (Phi) is 15.9. The van der Waals surface area contributed by atoms with Crippen molar-refractivity contribution in [2.45, 2.75) is 24.2 Å². The maximum Gasteiger partial charge on any atom is 0.251 e. The van der Waals surface area contributed by atoms with Crippen molar-refractivity contribution >= 4 is 15.7 Å². The summed E-state index contributed by atoms with van der Waals surface area (Å²) in [6.07, 6.45) is 2.13. The number of nitrogens with one attached hydrogen (secondary N) is 1. The van der Waals surface area contributed by atoms with E-state index >= 15 is 0 Å². The number of hydrogen-bond acceptors (Lipinski definition) is 8. The Bertz CT molecular complexity index is 830. The highest BCUT2D eigenvalue weighted by Crippen LogP contribution is 2.15. The van der Waals surface area contributed by atoms with Gasteiger partial charge in [-0.3, -0.25) is 4.79 Å². The second-order valence-electron chi connectivity index (χ2n) is 6.95. The second kappa shape index (κ2) is 18.2. The Labute approximate surface area is 195 Å². The van der Waals surface area contributed by atoms with Crippen molar-refractivity contribution in [3.05, 3.63) is 40.3 Å². The molecule has 0 aromatic heterocycles. The summed E-state index contributed by atoms with van der Waals surface area (Å²) in [7, 11) is -1.82. The Balaban J connectivity index is 2.21. The highest BCUT2D eigenvalue weighted by molar-refractivity contribution is 7.91. The molecule has 1 amide bonds. The molecule has 0 saturated heterocycles. The first-order valence-electron chi connectivity index (χ1n) is 10.9. The van der Waals surface area contributed by atoms with Crippen molar-refractivity contribution < 1.29 is 32.2 Å². The predicted octanol–water partition coefficient (Wildman–Crippen LogP) is 2.37. The normalized spacial score (nSPS) is 11.2. The molecule has 0 spiro atoms. The van der Waals surface area contributed by atoms with Crippen molar-refractivity contribution in [2.24, 2.45) is 5.11 Å². The van der Waals surface area contributed by atoms with Crippen LogP contribution in [0.2, 0.25) is 0 Å². The molecule has 1 N–H and O–H groups in total. The Hall–Kier alpha value is -2.21. The fraction of sp³-hybridized carbons (Fsp3) is 0.667. The van der Waals surface area contributed by atoms with Gasteiger partial charge in [0.15, 0.2) is 9.84 Å². The molecule has 0 atom stereocenters. The summed E-state index contributed by atoms with van der Waals surface area (Å²) in [6, 6.07) is 6.07. The van der Waals surface area contributed by atoms with Crippen molar-refractivity contribution in [3.63, 3.8) is 0 Å². The van der Waals surface area contributed by atoms with Gasteiger partial charge < -0.3 is 24.3 Å². The van der Waals surface area contributed by atoms with Crippen LogP contribution in [0, 0.1) is 0 Å². The summed E-state index contributed by atoms with van der Waals surface area (Å²) in [6.45, 7) is 3.42. The summed E-state index contributed by atoms with van der Waals surface area (Å²) >= 11 is 0. The molecule has 0 aliphatic heterocycles. The van der Waals surface area contributed by atoms with Crippen LogP contribution in [0.25, 0.3) is 10.4 Å². The lowest BCUT2D eigenvalue weighted by atomic mass is 10.2. The largest absolute Gasteiger partial charge is 0.385 e. The molecule has 0 unspecified atom stereocenters. The molecule has 1 aromatic carbocycles. The smallest absolute Gasteiger partial charge is 0.251 e. The quantitative estimate of drug-likeness (QED) is 0.129. The number of benzene rings is 1. The summed E-state index contributed by atoms with van der Waals surface area (Å²) in [5.41, 5.74) is 8.41. The van der Waals surface area contributed by atoms with Gasteiger partial charge in [-0.05, 0) is 36.6 Å². The van der Waals surface area contributed by atoms with E-state index in [1.54, 1.807) is 19.2 Å². The van der Waals surface area contributed by atoms with Crippen molar-refractivity contribution in [1.82, 2.24) is 5.32 Å². The van der Waals surface area contributed by atoms with Gasteiger partial charge in [0, 0.05) is 37.3 Å². The fourth-order valence-electron chi connectivity index (χ4n) is 2.69. The average Bonchev–Trinajstić information content (AvgIpc) is 2.82. The van der Waals surface area contributed by atoms with Crippen molar-refractivity contribution in [1.29, 1.82) is 0 Å². The molecule has 1 aromatic rings. The summed E-state index contributed by atoms with van der Waals surface area (Å²) in [5, 5.41) is 6.06. The van der Waals surface area contributed by atoms with E-state index in [0.717, 1.165) is 12.8 Å². The zero-order valence-corrected chi connectivity index (χ0v) is 19.9. The number of rotatable bonds is 20. The van der Waals surface area contributed by atoms with E-state index in [0.29, 0.717) is 64.8 Å². The van der Waals surface area contributed by atoms with Gasteiger partial charge in [0.1, 0.15) is 0 Å². The zero-order valence-electron chi connectivity index (χ0n) is 19.1. The van der Waals surface area contributed by atoms with E-state index in [1.165, 1.54) is 12.1 Å². The standard InChI is InChI=1S/C21H34N4O7S/c1-29-10-3-2-4-17-33(27,28)20-7-5-6-19(18-20)21(26)23-8-11-30-13-15-32-16-14-31-12-9-24-25-22/h5-7,18H,2-4,8-17H2,1H3,(H,23,26). The third-order valence-corrected chi connectivity index (χ3v) is 6.19. The van der Waals surface area contributed by atoms with E-state index in [2.05, 4.69) is 15.3 Å². The first-order chi connectivity index (χ1) is 16.0. The third kappa shape index (κ3) is 13.8. The SMILES string of the molecule is COCCCCCS(=O)(=O)c1cccc(C(=O)NCCOCCOCCOCCN=[N+]=[N-])c1. The maximum atomic E-state index is 12.5. The van der Waals surface area contributed by atoms with E-state index in [-0.39, 0.29) is 23.1 Å². The number of sulfone groups is 1. The highest BCUT2D eigenvalue weighted by atomic mass is 32.2. The number of azide groups is 1. The van der Waals surface area contributed by atoms with Gasteiger partial charge in [0.2, 0.25) is 0 Å². The third-order valence-electron chi connectivity index (χ3n) is 4.39. The van der Waals surface area contributed by atoms with Gasteiger partial charge in [0.05, 0.1) is 50.3 Å². The molecule has 0 saturated carbocycles. The number of nitrogens with zero attached hydrogens (tertiary/aromatic N) is 3. The molecule has 0 heterocycles. The topological polar surface area (TPSA) is 149 Å². The molecule has 0 aliphatic carbocycles. The van der Waals surface area contributed by atoms with Crippen LogP contribution < -0.4 is 5.32 Å².